The number of thiol groups is 1. The van der Waals surface area contributed by atoms with E-state index < -0.39 is 10.2 Å². The summed E-state index contributed by atoms with van der Waals surface area (Å²) < 4.78 is 11.0. The number of aliphatic hydroxyl groups is 1. The predicted molar refractivity (Wildman–Crippen MR) is 49.3 cm³/mol. The Hall–Kier alpha value is -0.505. The molecule has 0 amide bonds. The molecule has 2 atom stereocenters. The van der Waals surface area contributed by atoms with Gasteiger partial charge in [0, 0.05) is 0 Å². The molecule has 0 aromatic rings. The van der Waals surface area contributed by atoms with Gasteiger partial charge >= 0.3 is 68.3 Å². The van der Waals surface area contributed by atoms with E-state index in [9.17, 15) is 9.32 Å². The van der Waals surface area contributed by atoms with E-state index in [4.69, 9.17) is 0 Å². The van der Waals surface area contributed by atoms with Crippen LogP contribution in [-0.2, 0) is 10.2 Å². The van der Waals surface area contributed by atoms with Crippen molar-refractivity contribution >= 4 is 16.9 Å². The quantitative estimate of drug-likeness (QED) is 0.447. The van der Waals surface area contributed by atoms with Crippen LogP contribution in [0, 0.1) is 5.92 Å². The van der Waals surface area contributed by atoms with Gasteiger partial charge < -0.3 is 0 Å². The van der Waals surface area contributed by atoms with Crippen molar-refractivity contribution in [3.63, 3.8) is 0 Å². The van der Waals surface area contributed by atoms with Gasteiger partial charge in [-0.25, -0.2) is 0 Å². The summed E-state index contributed by atoms with van der Waals surface area (Å²) in [6.07, 6.45) is 4.31. The van der Waals surface area contributed by atoms with E-state index >= 15 is 0 Å². The maximum absolute atomic E-state index is 11.0. The molecule has 11 heavy (non-hydrogen) atoms. The third-order valence-corrected chi connectivity index (χ3v) is 2.97. The molecule has 0 aliphatic heterocycles. The van der Waals surface area contributed by atoms with E-state index in [0.29, 0.717) is 4.91 Å². The summed E-state index contributed by atoms with van der Waals surface area (Å²) in [5.41, 5.74) is 0. The number of aliphatic hydroxyl groups excluding tert-OH is 1. The van der Waals surface area contributed by atoms with Gasteiger partial charge in [-0.2, -0.15) is 0 Å². The Kier molecular flexibility index (Phi) is 2.55. The van der Waals surface area contributed by atoms with Gasteiger partial charge in [-0.05, 0) is 0 Å². The molecule has 60 valence electrons. The molecule has 0 saturated carbocycles. The van der Waals surface area contributed by atoms with Gasteiger partial charge in [0.25, 0.3) is 0 Å². The van der Waals surface area contributed by atoms with Gasteiger partial charge in [-0.1, -0.05) is 0 Å². The molecule has 1 aliphatic rings. The van der Waals surface area contributed by atoms with Gasteiger partial charge in [0.05, 0.1) is 0 Å². The van der Waals surface area contributed by atoms with E-state index in [1.807, 2.05) is 13.0 Å². The molecule has 0 spiro atoms. The fourth-order valence-electron chi connectivity index (χ4n) is 1.21. The summed E-state index contributed by atoms with van der Waals surface area (Å²) >= 11 is 0. The second kappa shape index (κ2) is 3.26. The first-order valence-corrected chi connectivity index (χ1v) is 4.95. The van der Waals surface area contributed by atoms with Crippen molar-refractivity contribution in [2.45, 2.75) is 13.3 Å². The van der Waals surface area contributed by atoms with Gasteiger partial charge in [-0.3, -0.25) is 0 Å². The van der Waals surface area contributed by atoms with Gasteiger partial charge in [-0.15, -0.1) is 0 Å². The van der Waals surface area contributed by atoms with E-state index in [2.05, 4.69) is 6.72 Å². The van der Waals surface area contributed by atoms with Crippen molar-refractivity contribution in [2.24, 2.45) is 5.92 Å². The van der Waals surface area contributed by atoms with E-state index in [1.165, 1.54) is 0 Å². The molecule has 1 N–H and O–H groups in total. The molecule has 2 nitrogen and oxygen atoms in total. The third-order valence-electron chi connectivity index (χ3n) is 1.76. The van der Waals surface area contributed by atoms with Crippen LogP contribution in [0.5, 0.6) is 0 Å². The van der Waals surface area contributed by atoms with Crippen molar-refractivity contribution in [3.05, 3.63) is 22.8 Å². The zero-order valence-electron chi connectivity index (χ0n) is 6.45. The average Bonchev–Trinajstić information content (AvgIpc) is 1.85. The standard InChI is InChI=1S/C7H11BO2S/c1-5-3-2-4-6(9)7(5)11(8)10/h2,4-5,8-9,11H,3H2,1H3. The van der Waals surface area contributed by atoms with Crippen LogP contribution in [0.25, 0.3) is 0 Å². The zero-order valence-corrected chi connectivity index (χ0v) is 7.34. The Labute approximate surface area is 68.9 Å². The van der Waals surface area contributed by atoms with Gasteiger partial charge in [0.1, 0.15) is 0 Å². The fourth-order valence-corrected chi connectivity index (χ4v) is 2.13. The first-order chi connectivity index (χ1) is 5.13. The van der Waals surface area contributed by atoms with Crippen molar-refractivity contribution in [1.29, 1.82) is 0 Å². The first kappa shape index (κ1) is 8.59. The van der Waals surface area contributed by atoms with E-state index in [1.54, 1.807) is 6.08 Å². The molecule has 0 aromatic heterocycles. The molecule has 0 radical (unpaired) electrons. The monoisotopic (exact) mass is 170 g/mol. The summed E-state index contributed by atoms with van der Waals surface area (Å²) in [7, 11) is -1.62. The third kappa shape index (κ3) is 1.74. The van der Waals surface area contributed by atoms with Gasteiger partial charge in [0.2, 0.25) is 0 Å². The minimum atomic E-state index is -1.62. The molecule has 0 bridgehead atoms. The molecule has 2 unspecified atom stereocenters. The normalized spacial score (nSPS) is 27.1. The van der Waals surface area contributed by atoms with Crippen LogP contribution < -0.4 is 0 Å². The van der Waals surface area contributed by atoms with Crippen LogP contribution in [-0.4, -0.2) is 16.0 Å². The molecular formula is C7H11BO2S. The van der Waals surface area contributed by atoms with Crippen LogP contribution in [0.15, 0.2) is 22.8 Å². The Morgan fingerprint density at radius 3 is 2.82 bits per heavy atom. The SMILES string of the molecule is B=[SH](=O)C1=C(O)C=CCC1C. The second-order valence-electron chi connectivity index (χ2n) is 2.69. The summed E-state index contributed by atoms with van der Waals surface area (Å²) in [6, 6.07) is 0. The topological polar surface area (TPSA) is 37.3 Å². The van der Waals surface area contributed by atoms with E-state index in [0.717, 1.165) is 6.42 Å². The van der Waals surface area contributed by atoms with Crippen LogP contribution in [0.1, 0.15) is 13.3 Å². The minimum absolute atomic E-state index is 0.139. The molecule has 1 aliphatic carbocycles. The predicted octanol–water partition coefficient (Wildman–Crippen LogP) is 0.649. The van der Waals surface area contributed by atoms with Crippen molar-refractivity contribution in [2.75, 3.05) is 0 Å². The number of hydrogen-bond acceptors (Lipinski definition) is 2. The second-order valence-corrected chi connectivity index (χ2v) is 3.93. The summed E-state index contributed by atoms with van der Waals surface area (Å²) in [5.74, 6) is 0.306. The molecular weight excluding hydrogens is 159 g/mol. The Bertz CT molecular complexity index is 281. The Morgan fingerprint density at radius 2 is 2.45 bits per heavy atom. The fraction of sp³-hybridized carbons (Fsp3) is 0.429. The van der Waals surface area contributed by atoms with Crippen LogP contribution >= 0.6 is 0 Å². The molecule has 0 aromatic carbocycles. The maximum atomic E-state index is 11.0. The number of hydrogen-bond donors (Lipinski definition) is 2. The van der Waals surface area contributed by atoms with Crippen LogP contribution in [0.3, 0.4) is 0 Å². The summed E-state index contributed by atoms with van der Waals surface area (Å²) in [4.78, 5) is 0.600. The number of allylic oxidation sites excluding steroid dienone is 3. The summed E-state index contributed by atoms with van der Waals surface area (Å²) in [5, 5.41) is 9.28. The Balaban J connectivity index is 3.11. The van der Waals surface area contributed by atoms with Crippen molar-refractivity contribution < 1.29 is 9.32 Å². The van der Waals surface area contributed by atoms with E-state index in [-0.39, 0.29) is 11.7 Å². The zero-order chi connectivity index (χ0) is 8.43. The molecule has 0 heterocycles. The molecule has 4 heteroatoms. The first-order valence-electron chi connectivity index (χ1n) is 3.50. The molecule has 1 rings (SSSR count). The van der Waals surface area contributed by atoms with Crippen molar-refractivity contribution in [3.8, 4) is 0 Å². The van der Waals surface area contributed by atoms with Crippen LogP contribution in [0.2, 0.25) is 0 Å². The van der Waals surface area contributed by atoms with Crippen LogP contribution in [0.4, 0.5) is 0 Å². The van der Waals surface area contributed by atoms with Gasteiger partial charge in [0.15, 0.2) is 0 Å². The molecule has 0 saturated heterocycles. The van der Waals surface area contributed by atoms with Crippen molar-refractivity contribution in [1.82, 2.24) is 0 Å². The molecule has 0 fully saturated rings. The average molecular weight is 170 g/mol. The number of rotatable bonds is 1. The summed E-state index contributed by atoms with van der Waals surface area (Å²) in [6.45, 7) is 5.36. The Morgan fingerprint density at radius 1 is 1.82 bits per heavy atom.